The van der Waals surface area contributed by atoms with Crippen LogP contribution in [0.1, 0.15) is 26.7 Å². The molecule has 0 unspecified atom stereocenters. The smallest absolute Gasteiger partial charge is 0.311 e. The Morgan fingerprint density at radius 1 is 1.45 bits per heavy atom. The summed E-state index contributed by atoms with van der Waals surface area (Å²) in [7, 11) is 0. The summed E-state index contributed by atoms with van der Waals surface area (Å²) in [6.45, 7) is 5.49. The highest BCUT2D eigenvalue weighted by Gasteiger charge is 2.28. The van der Waals surface area contributed by atoms with Crippen LogP contribution in [0.5, 0.6) is 5.75 Å². The van der Waals surface area contributed by atoms with Crippen LogP contribution >= 0.6 is 0 Å². The Morgan fingerprint density at radius 2 is 2.10 bits per heavy atom. The Hall–Kier alpha value is -1.82. The minimum absolute atomic E-state index is 0.0143. The summed E-state index contributed by atoms with van der Waals surface area (Å²) >= 11 is 0. The molecule has 1 aromatic rings. The third-order valence-corrected chi connectivity index (χ3v) is 3.65. The van der Waals surface area contributed by atoms with Gasteiger partial charge in [0.05, 0.1) is 17.1 Å². The SMILES string of the molecule is CCOc1cc(N2CCC(C)(O)CC2)ccc1[N+](=O)[O-]. The highest BCUT2D eigenvalue weighted by atomic mass is 16.6. The molecule has 0 aromatic heterocycles. The second kappa shape index (κ2) is 5.66. The van der Waals surface area contributed by atoms with Crippen molar-refractivity contribution in [3.05, 3.63) is 28.3 Å². The van der Waals surface area contributed by atoms with Gasteiger partial charge >= 0.3 is 5.69 Å². The van der Waals surface area contributed by atoms with E-state index in [4.69, 9.17) is 4.74 Å². The maximum atomic E-state index is 10.9. The van der Waals surface area contributed by atoms with Crippen LogP contribution in [0.3, 0.4) is 0 Å². The zero-order valence-electron chi connectivity index (χ0n) is 11.8. The monoisotopic (exact) mass is 280 g/mol. The first kappa shape index (κ1) is 14.6. The quantitative estimate of drug-likeness (QED) is 0.676. The highest BCUT2D eigenvalue weighted by molar-refractivity contribution is 5.59. The number of hydrogen-bond acceptors (Lipinski definition) is 5. The van der Waals surface area contributed by atoms with Gasteiger partial charge in [-0.2, -0.15) is 0 Å². The van der Waals surface area contributed by atoms with Crippen LogP contribution in [0.15, 0.2) is 18.2 Å². The van der Waals surface area contributed by atoms with Crippen molar-refractivity contribution in [2.45, 2.75) is 32.3 Å². The minimum Gasteiger partial charge on any atom is -0.487 e. The minimum atomic E-state index is -0.611. The van der Waals surface area contributed by atoms with Crippen LogP contribution in [0.2, 0.25) is 0 Å². The van der Waals surface area contributed by atoms with Gasteiger partial charge in [0.25, 0.3) is 0 Å². The number of anilines is 1. The molecule has 1 saturated heterocycles. The summed E-state index contributed by atoms with van der Waals surface area (Å²) in [4.78, 5) is 12.6. The standard InChI is InChI=1S/C14H20N2O4/c1-3-20-13-10-11(4-5-12(13)16(18)19)15-8-6-14(2,17)7-9-15/h4-5,10,17H,3,6-9H2,1-2H3. The van der Waals surface area contributed by atoms with Crippen LogP contribution in [0, 0.1) is 10.1 Å². The molecule has 1 fully saturated rings. The Morgan fingerprint density at radius 3 is 2.65 bits per heavy atom. The van der Waals surface area contributed by atoms with E-state index in [2.05, 4.69) is 4.90 Å². The third kappa shape index (κ3) is 3.19. The maximum Gasteiger partial charge on any atom is 0.311 e. The summed E-state index contributed by atoms with van der Waals surface area (Å²) in [6.07, 6.45) is 1.38. The van der Waals surface area contributed by atoms with Crippen molar-refractivity contribution in [3.8, 4) is 5.75 Å². The van der Waals surface area contributed by atoms with Gasteiger partial charge < -0.3 is 14.7 Å². The number of nitrogens with zero attached hydrogens (tertiary/aromatic N) is 2. The normalized spacial score (nSPS) is 17.9. The topological polar surface area (TPSA) is 75.8 Å². The molecule has 1 aromatic carbocycles. The number of aliphatic hydroxyl groups is 1. The molecular formula is C14H20N2O4. The van der Waals surface area contributed by atoms with Crippen LogP contribution in [-0.2, 0) is 0 Å². The number of nitro groups is 1. The van der Waals surface area contributed by atoms with E-state index < -0.39 is 10.5 Å². The first-order chi connectivity index (χ1) is 9.43. The average Bonchev–Trinajstić information content (AvgIpc) is 2.38. The lowest BCUT2D eigenvalue weighted by Crippen LogP contribution is -2.42. The largest absolute Gasteiger partial charge is 0.487 e. The molecule has 0 saturated carbocycles. The first-order valence-electron chi connectivity index (χ1n) is 6.81. The lowest BCUT2D eigenvalue weighted by atomic mass is 9.93. The molecule has 6 nitrogen and oxygen atoms in total. The van der Waals surface area contributed by atoms with Crippen molar-refractivity contribution in [2.75, 3.05) is 24.6 Å². The number of piperidine rings is 1. The molecule has 1 aliphatic rings. The molecule has 0 radical (unpaired) electrons. The molecule has 0 atom stereocenters. The molecule has 1 aliphatic heterocycles. The summed E-state index contributed by atoms with van der Waals surface area (Å²) in [5.41, 5.74) is 0.272. The van der Waals surface area contributed by atoms with Gasteiger partial charge in [-0.15, -0.1) is 0 Å². The van der Waals surface area contributed by atoms with Crippen molar-refractivity contribution in [1.82, 2.24) is 0 Å². The Balaban J connectivity index is 2.21. The maximum absolute atomic E-state index is 10.9. The molecule has 20 heavy (non-hydrogen) atoms. The van der Waals surface area contributed by atoms with Crippen molar-refractivity contribution < 1.29 is 14.8 Å². The Labute approximate surface area is 118 Å². The zero-order valence-corrected chi connectivity index (χ0v) is 11.8. The first-order valence-corrected chi connectivity index (χ1v) is 6.81. The Bertz CT molecular complexity index is 492. The van der Waals surface area contributed by atoms with Gasteiger partial charge in [-0.05, 0) is 32.8 Å². The van der Waals surface area contributed by atoms with Crippen molar-refractivity contribution in [1.29, 1.82) is 0 Å². The number of hydrogen-bond donors (Lipinski definition) is 1. The van der Waals surface area contributed by atoms with E-state index in [-0.39, 0.29) is 5.69 Å². The predicted octanol–water partition coefficient (Wildman–Crippen LogP) is 2.34. The molecule has 0 aliphatic carbocycles. The van der Waals surface area contributed by atoms with E-state index >= 15 is 0 Å². The third-order valence-electron chi connectivity index (χ3n) is 3.65. The molecule has 2 rings (SSSR count). The van der Waals surface area contributed by atoms with Gasteiger partial charge in [0.15, 0.2) is 5.75 Å². The molecular weight excluding hydrogens is 260 g/mol. The second-order valence-corrected chi connectivity index (χ2v) is 5.33. The number of ether oxygens (including phenoxy) is 1. The van der Waals surface area contributed by atoms with Gasteiger partial charge in [-0.3, -0.25) is 10.1 Å². The summed E-state index contributed by atoms with van der Waals surface area (Å²) < 4.78 is 5.35. The fraction of sp³-hybridized carbons (Fsp3) is 0.571. The van der Waals surface area contributed by atoms with E-state index in [1.165, 1.54) is 6.07 Å². The zero-order chi connectivity index (χ0) is 14.8. The fourth-order valence-corrected chi connectivity index (χ4v) is 2.37. The number of rotatable bonds is 4. The van der Waals surface area contributed by atoms with Crippen LogP contribution in [0.4, 0.5) is 11.4 Å². The molecule has 0 amide bonds. The molecule has 110 valence electrons. The van der Waals surface area contributed by atoms with E-state index in [1.54, 1.807) is 19.1 Å². The molecule has 0 bridgehead atoms. The van der Waals surface area contributed by atoms with Crippen LogP contribution in [-0.4, -0.2) is 35.3 Å². The van der Waals surface area contributed by atoms with Crippen LogP contribution in [0.25, 0.3) is 0 Å². The Kier molecular flexibility index (Phi) is 4.13. The van der Waals surface area contributed by atoms with Crippen molar-refractivity contribution >= 4 is 11.4 Å². The van der Waals surface area contributed by atoms with E-state index in [0.29, 0.717) is 25.2 Å². The van der Waals surface area contributed by atoms with Crippen molar-refractivity contribution in [3.63, 3.8) is 0 Å². The predicted molar refractivity (Wildman–Crippen MR) is 76.3 cm³/mol. The number of nitro benzene ring substituents is 1. The van der Waals surface area contributed by atoms with Gasteiger partial charge in [-0.1, -0.05) is 0 Å². The molecule has 1 heterocycles. The highest BCUT2D eigenvalue weighted by Crippen LogP contribution is 2.33. The van der Waals surface area contributed by atoms with Gasteiger partial charge in [0.2, 0.25) is 0 Å². The lowest BCUT2D eigenvalue weighted by Gasteiger charge is -2.37. The number of benzene rings is 1. The van der Waals surface area contributed by atoms with Crippen LogP contribution < -0.4 is 9.64 Å². The van der Waals surface area contributed by atoms with E-state index in [1.807, 2.05) is 6.92 Å². The summed E-state index contributed by atoms with van der Waals surface area (Å²) in [5.74, 6) is 0.298. The molecule has 0 spiro atoms. The van der Waals surface area contributed by atoms with Gasteiger partial charge in [0.1, 0.15) is 0 Å². The molecule has 6 heteroatoms. The molecule has 1 N–H and O–H groups in total. The van der Waals surface area contributed by atoms with E-state index in [0.717, 1.165) is 18.8 Å². The van der Waals surface area contributed by atoms with Gasteiger partial charge in [-0.25, -0.2) is 0 Å². The van der Waals surface area contributed by atoms with Crippen molar-refractivity contribution in [2.24, 2.45) is 0 Å². The average molecular weight is 280 g/mol. The van der Waals surface area contributed by atoms with E-state index in [9.17, 15) is 15.2 Å². The second-order valence-electron chi connectivity index (χ2n) is 5.33. The summed E-state index contributed by atoms with van der Waals surface area (Å²) in [6, 6.07) is 4.93. The lowest BCUT2D eigenvalue weighted by molar-refractivity contribution is -0.385. The fourth-order valence-electron chi connectivity index (χ4n) is 2.37. The summed E-state index contributed by atoms with van der Waals surface area (Å²) in [5, 5.41) is 20.9. The van der Waals surface area contributed by atoms with Gasteiger partial charge in [0, 0.05) is 30.9 Å².